The Hall–Kier alpha value is -3.70. The summed E-state index contributed by atoms with van der Waals surface area (Å²) in [5.74, 6) is -1.11. The molecule has 10 nitrogen and oxygen atoms in total. The summed E-state index contributed by atoms with van der Waals surface area (Å²) in [5, 5.41) is 13.5. The third-order valence-electron chi connectivity index (χ3n) is 5.54. The molecule has 1 N–H and O–H groups in total. The number of aryl methyl sites for hydroxylation is 2. The van der Waals surface area contributed by atoms with Crippen LogP contribution >= 0.6 is 11.8 Å². The van der Waals surface area contributed by atoms with Crippen molar-refractivity contribution < 1.29 is 24.0 Å². The fraction of sp³-hybridized carbons (Fsp3) is 0.292. The number of amides is 3. The molecule has 2 aliphatic heterocycles. The van der Waals surface area contributed by atoms with E-state index in [0.29, 0.717) is 55.0 Å². The van der Waals surface area contributed by atoms with Crippen molar-refractivity contribution in [1.29, 1.82) is 0 Å². The van der Waals surface area contributed by atoms with Gasteiger partial charge in [0, 0.05) is 42.2 Å². The number of carbonyl (C=O) groups is 3. The Bertz CT molecular complexity index is 1220. The lowest BCUT2D eigenvalue weighted by molar-refractivity contribution is -0.384. The highest BCUT2D eigenvalue weighted by Gasteiger charge is 2.36. The van der Waals surface area contributed by atoms with Gasteiger partial charge in [0.1, 0.15) is 6.54 Å². The van der Waals surface area contributed by atoms with Gasteiger partial charge >= 0.3 is 0 Å². The summed E-state index contributed by atoms with van der Waals surface area (Å²) in [6.45, 7) is 5.61. The fourth-order valence-corrected chi connectivity index (χ4v) is 4.86. The van der Waals surface area contributed by atoms with Gasteiger partial charge in [0.05, 0.1) is 23.0 Å². The van der Waals surface area contributed by atoms with Gasteiger partial charge in [0.2, 0.25) is 5.91 Å². The van der Waals surface area contributed by atoms with E-state index in [2.05, 4.69) is 5.32 Å². The summed E-state index contributed by atoms with van der Waals surface area (Å²) in [6.07, 6.45) is 1.48. The summed E-state index contributed by atoms with van der Waals surface area (Å²) < 4.78 is 5.38. The molecule has 2 saturated heterocycles. The van der Waals surface area contributed by atoms with E-state index in [1.54, 1.807) is 18.2 Å². The van der Waals surface area contributed by atoms with Gasteiger partial charge in [-0.3, -0.25) is 29.4 Å². The molecule has 2 aliphatic rings. The quantitative estimate of drug-likeness (QED) is 0.365. The molecule has 0 unspecified atom stereocenters. The van der Waals surface area contributed by atoms with Gasteiger partial charge in [0.25, 0.3) is 16.8 Å². The standard InChI is InChI=1S/C24H24N4O6S/c1-15-9-16(2)11-18(10-15)25-22(29)14-27-23(30)21(35-24(27)31)13-17-12-19(28(32)33)3-4-20(17)26-5-7-34-8-6-26/h3-4,9-13H,5-8,14H2,1-2H3,(H,25,29)/b21-13-. The summed E-state index contributed by atoms with van der Waals surface area (Å²) in [7, 11) is 0. The van der Waals surface area contributed by atoms with E-state index in [4.69, 9.17) is 4.74 Å². The molecule has 0 atom stereocenters. The zero-order valence-electron chi connectivity index (χ0n) is 19.3. The van der Waals surface area contributed by atoms with Crippen LogP contribution in [-0.2, 0) is 14.3 Å². The van der Waals surface area contributed by atoms with Crippen LogP contribution in [0.25, 0.3) is 6.08 Å². The van der Waals surface area contributed by atoms with E-state index in [1.807, 2.05) is 24.8 Å². The summed E-state index contributed by atoms with van der Waals surface area (Å²) in [5.41, 5.74) is 3.57. The first kappa shape index (κ1) is 24.4. The van der Waals surface area contributed by atoms with Crippen LogP contribution in [0.4, 0.5) is 21.9 Å². The lowest BCUT2D eigenvalue weighted by Gasteiger charge is -2.30. The van der Waals surface area contributed by atoms with Crippen molar-refractivity contribution in [3.8, 4) is 0 Å². The van der Waals surface area contributed by atoms with Crippen molar-refractivity contribution in [2.24, 2.45) is 0 Å². The number of benzene rings is 2. The number of rotatable bonds is 6. The Morgan fingerprint density at radius 2 is 1.83 bits per heavy atom. The molecule has 0 bridgehead atoms. The molecule has 0 radical (unpaired) electrons. The van der Waals surface area contributed by atoms with Crippen molar-refractivity contribution in [2.45, 2.75) is 13.8 Å². The molecule has 182 valence electrons. The second kappa shape index (κ2) is 10.3. The molecule has 2 aromatic carbocycles. The minimum Gasteiger partial charge on any atom is -0.378 e. The van der Waals surface area contributed by atoms with Gasteiger partial charge < -0.3 is 15.0 Å². The maximum absolute atomic E-state index is 13.0. The summed E-state index contributed by atoms with van der Waals surface area (Å²) >= 11 is 0.705. The molecule has 3 amide bonds. The molecule has 0 aromatic heterocycles. The number of nitro benzene ring substituents is 1. The lowest BCUT2D eigenvalue weighted by atomic mass is 10.1. The first-order valence-corrected chi connectivity index (χ1v) is 11.8. The van der Waals surface area contributed by atoms with E-state index in [-0.39, 0.29) is 10.6 Å². The molecule has 11 heteroatoms. The molecule has 35 heavy (non-hydrogen) atoms. The van der Waals surface area contributed by atoms with Gasteiger partial charge in [-0.05, 0) is 61.0 Å². The maximum Gasteiger partial charge on any atom is 0.294 e. The summed E-state index contributed by atoms with van der Waals surface area (Å²) in [4.78, 5) is 51.9. The van der Waals surface area contributed by atoms with Crippen LogP contribution in [0.3, 0.4) is 0 Å². The Morgan fingerprint density at radius 3 is 2.49 bits per heavy atom. The molecule has 2 fully saturated rings. The zero-order valence-corrected chi connectivity index (χ0v) is 20.1. The Balaban J connectivity index is 1.55. The number of nitro groups is 1. The van der Waals surface area contributed by atoms with Crippen LogP contribution in [0, 0.1) is 24.0 Å². The summed E-state index contributed by atoms with van der Waals surface area (Å²) in [6, 6.07) is 9.99. The van der Waals surface area contributed by atoms with Crippen molar-refractivity contribution in [2.75, 3.05) is 43.1 Å². The topological polar surface area (TPSA) is 122 Å². The number of ether oxygens (including phenoxy) is 1. The number of imide groups is 1. The average Bonchev–Trinajstić information content (AvgIpc) is 3.06. The van der Waals surface area contributed by atoms with Crippen molar-refractivity contribution in [3.05, 3.63) is 68.1 Å². The highest BCUT2D eigenvalue weighted by Crippen LogP contribution is 2.35. The smallest absolute Gasteiger partial charge is 0.294 e. The highest BCUT2D eigenvalue weighted by molar-refractivity contribution is 8.18. The number of nitrogens with zero attached hydrogens (tertiary/aromatic N) is 3. The molecule has 4 rings (SSSR count). The van der Waals surface area contributed by atoms with Crippen LogP contribution < -0.4 is 10.2 Å². The number of hydrogen-bond donors (Lipinski definition) is 1. The van der Waals surface area contributed by atoms with Gasteiger partial charge in [-0.2, -0.15) is 0 Å². The Labute approximate surface area is 206 Å². The fourth-order valence-electron chi connectivity index (χ4n) is 4.03. The van der Waals surface area contributed by atoms with Crippen molar-refractivity contribution in [1.82, 2.24) is 4.90 Å². The number of thioether (sulfide) groups is 1. The minimum atomic E-state index is -0.616. The SMILES string of the molecule is Cc1cc(C)cc(NC(=O)CN2C(=O)S/C(=C\c3cc([N+](=O)[O-])ccc3N3CCOCC3)C2=O)c1. The molecular weight excluding hydrogens is 472 g/mol. The number of morpholine rings is 1. The minimum absolute atomic E-state index is 0.101. The maximum atomic E-state index is 13.0. The van der Waals surface area contributed by atoms with Gasteiger partial charge in [-0.15, -0.1) is 0 Å². The molecular formula is C24H24N4O6S. The zero-order chi connectivity index (χ0) is 25.1. The average molecular weight is 497 g/mol. The first-order valence-electron chi connectivity index (χ1n) is 11.0. The van der Waals surface area contributed by atoms with Crippen molar-refractivity contribution in [3.63, 3.8) is 0 Å². The van der Waals surface area contributed by atoms with Gasteiger partial charge in [-0.25, -0.2) is 0 Å². The van der Waals surface area contributed by atoms with Crippen LogP contribution in [0.2, 0.25) is 0 Å². The van der Waals surface area contributed by atoms with Crippen LogP contribution in [0.5, 0.6) is 0 Å². The first-order chi connectivity index (χ1) is 16.7. The molecule has 2 aromatic rings. The third kappa shape index (κ3) is 5.69. The predicted molar refractivity (Wildman–Crippen MR) is 133 cm³/mol. The monoisotopic (exact) mass is 496 g/mol. The van der Waals surface area contributed by atoms with E-state index in [0.717, 1.165) is 16.0 Å². The normalized spacial score (nSPS) is 17.3. The van der Waals surface area contributed by atoms with Crippen LogP contribution in [0.15, 0.2) is 41.3 Å². The molecule has 2 heterocycles. The van der Waals surface area contributed by atoms with E-state index in [9.17, 15) is 24.5 Å². The van der Waals surface area contributed by atoms with Crippen LogP contribution in [0.1, 0.15) is 16.7 Å². The largest absolute Gasteiger partial charge is 0.378 e. The number of non-ortho nitro benzene ring substituents is 1. The van der Waals surface area contributed by atoms with E-state index < -0.39 is 28.5 Å². The number of anilines is 2. The predicted octanol–water partition coefficient (Wildman–Crippen LogP) is 3.72. The van der Waals surface area contributed by atoms with Gasteiger partial charge in [-0.1, -0.05) is 6.07 Å². The number of carbonyl (C=O) groups excluding carboxylic acids is 3. The second-order valence-electron chi connectivity index (χ2n) is 8.29. The Morgan fingerprint density at radius 1 is 1.14 bits per heavy atom. The van der Waals surface area contributed by atoms with Crippen LogP contribution in [-0.4, -0.2) is 59.7 Å². The number of nitrogens with one attached hydrogen (secondary N) is 1. The third-order valence-corrected chi connectivity index (χ3v) is 6.45. The van der Waals surface area contributed by atoms with E-state index in [1.165, 1.54) is 18.2 Å². The lowest BCUT2D eigenvalue weighted by Crippen LogP contribution is -2.36. The van der Waals surface area contributed by atoms with E-state index >= 15 is 0 Å². The molecule has 0 aliphatic carbocycles. The van der Waals surface area contributed by atoms with Gasteiger partial charge in [0.15, 0.2) is 0 Å². The Kier molecular flexibility index (Phi) is 7.17. The highest BCUT2D eigenvalue weighted by atomic mass is 32.2. The molecule has 0 saturated carbocycles. The second-order valence-corrected chi connectivity index (χ2v) is 9.29. The molecule has 0 spiro atoms. The van der Waals surface area contributed by atoms with Crippen molar-refractivity contribution >= 4 is 52.0 Å². The number of hydrogen-bond acceptors (Lipinski definition) is 8.